The van der Waals surface area contributed by atoms with Gasteiger partial charge in [0.25, 0.3) is 0 Å². The number of rotatable bonds is 4. The number of hydrogen-bond acceptors (Lipinski definition) is 4. The smallest absolute Gasteiger partial charge is 0.230 e. The molecule has 0 saturated heterocycles. The van der Waals surface area contributed by atoms with E-state index in [0.717, 1.165) is 10.8 Å². The summed E-state index contributed by atoms with van der Waals surface area (Å²) >= 11 is 1.38. The molecule has 90 valence electrons. The lowest BCUT2D eigenvalue weighted by Crippen LogP contribution is -2.31. The molecule has 0 unspecified atom stereocenters. The lowest BCUT2D eigenvalue weighted by atomic mass is 10.4. The Hall–Kier alpha value is -1.56. The molecule has 2 heterocycles. The summed E-state index contributed by atoms with van der Waals surface area (Å²) in [6.07, 6.45) is 1.89. The average molecular weight is 250 g/mol. The molecule has 2 rings (SSSR count). The molecule has 1 amide bonds. The Labute approximate surface area is 104 Å². The summed E-state index contributed by atoms with van der Waals surface area (Å²) in [5.74, 6) is 0.367. The van der Waals surface area contributed by atoms with Crippen molar-refractivity contribution in [2.75, 3.05) is 5.75 Å². The first-order valence-corrected chi connectivity index (χ1v) is 6.37. The molecule has 6 heteroatoms. The molecule has 17 heavy (non-hydrogen) atoms. The summed E-state index contributed by atoms with van der Waals surface area (Å²) < 4.78 is 1.87. The van der Waals surface area contributed by atoms with Crippen molar-refractivity contribution in [3.05, 3.63) is 24.4 Å². The second-order valence-electron chi connectivity index (χ2n) is 3.92. The highest BCUT2D eigenvalue weighted by Gasteiger charge is 2.08. The Morgan fingerprint density at radius 3 is 3.06 bits per heavy atom. The predicted molar refractivity (Wildman–Crippen MR) is 67.0 cm³/mol. The summed E-state index contributed by atoms with van der Waals surface area (Å²) in [7, 11) is 0. The summed E-state index contributed by atoms with van der Waals surface area (Å²) in [5.41, 5.74) is 0.791. The Balaban J connectivity index is 2.02. The normalized spacial score (nSPS) is 11.0. The SMILES string of the molecule is CC(C)NC(=O)CSc1nnc2ccccn12. The lowest BCUT2D eigenvalue weighted by molar-refractivity contribution is -0.119. The van der Waals surface area contributed by atoms with Crippen molar-refractivity contribution in [3.8, 4) is 0 Å². The van der Waals surface area contributed by atoms with Crippen LogP contribution < -0.4 is 5.32 Å². The van der Waals surface area contributed by atoms with Gasteiger partial charge in [0, 0.05) is 12.2 Å². The first kappa shape index (κ1) is 11.9. The van der Waals surface area contributed by atoms with Crippen LogP contribution in [0.5, 0.6) is 0 Å². The van der Waals surface area contributed by atoms with Crippen LogP contribution in [0.4, 0.5) is 0 Å². The van der Waals surface area contributed by atoms with E-state index in [1.54, 1.807) is 0 Å². The van der Waals surface area contributed by atoms with Gasteiger partial charge in [-0.25, -0.2) is 0 Å². The molecule has 0 atom stereocenters. The fourth-order valence-corrected chi connectivity index (χ4v) is 2.15. The van der Waals surface area contributed by atoms with E-state index in [-0.39, 0.29) is 11.9 Å². The van der Waals surface area contributed by atoms with Gasteiger partial charge in [-0.05, 0) is 26.0 Å². The number of hydrogen-bond donors (Lipinski definition) is 1. The molecule has 0 aliphatic heterocycles. The fourth-order valence-electron chi connectivity index (χ4n) is 1.41. The van der Waals surface area contributed by atoms with Crippen LogP contribution in [0.3, 0.4) is 0 Å². The second-order valence-corrected chi connectivity index (χ2v) is 4.86. The minimum Gasteiger partial charge on any atom is -0.353 e. The van der Waals surface area contributed by atoms with Gasteiger partial charge < -0.3 is 5.32 Å². The molecule has 0 saturated carbocycles. The molecule has 1 N–H and O–H groups in total. The maximum absolute atomic E-state index is 11.5. The first-order chi connectivity index (χ1) is 8.16. The molecule has 0 bridgehead atoms. The van der Waals surface area contributed by atoms with Crippen LogP contribution in [-0.2, 0) is 4.79 Å². The maximum atomic E-state index is 11.5. The molecular weight excluding hydrogens is 236 g/mol. The average Bonchev–Trinajstić information content (AvgIpc) is 2.69. The number of pyridine rings is 1. The minimum atomic E-state index is 0.0117. The Bertz CT molecular complexity index is 523. The van der Waals surface area contributed by atoms with Crippen LogP contribution >= 0.6 is 11.8 Å². The van der Waals surface area contributed by atoms with Crippen LogP contribution in [0.1, 0.15) is 13.8 Å². The van der Waals surface area contributed by atoms with Crippen molar-refractivity contribution in [1.29, 1.82) is 0 Å². The van der Waals surface area contributed by atoms with Gasteiger partial charge in [0.2, 0.25) is 5.91 Å². The number of nitrogens with zero attached hydrogens (tertiary/aromatic N) is 3. The van der Waals surface area contributed by atoms with Crippen molar-refractivity contribution in [2.24, 2.45) is 0 Å². The molecule has 0 spiro atoms. The van der Waals surface area contributed by atoms with E-state index in [1.807, 2.05) is 42.6 Å². The molecule has 0 aliphatic carbocycles. The van der Waals surface area contributed by atoms with E-state index in [2.05, 4.69) is 15.5 Å². The number of carbonyl (C=O) groups excluding carboxylic acids is 1. The molecular formula is C11H14N4OS. The molecule has 0 aliphatic rings. The molecule has 0 radical (unpaired) electrons. The molecule has 5 nitrogen and oxygen atoms in total. The highest BCUT2D eigenvalue weighted by atomic mass is 32.2. The monoisotopic (exact) mass is 250 g/mol. The highest BCUT2D eigenvalue weighted by molar-refractivity contribution is 7.99. The quantitative estimate of drug-likeness (QED) is 0.832. The third-order valence-electron chi connectivity index (χ3n) is 2.06. The zero-order chi connectivity index (χ0) is 12.3. The number of aromatic nitrogens is 3. The van der Waals surface area contributed by atoms with E-state index < -0.39 is 0 Å². The van der Waals surface area contributed by atoms with Crippen molar-refractivity contribution in [1.82, 2.24) is 19.9 Å². The van der Waals surface area contributed by atoms with Gasteiger partial charge in [-0.15, -0.1) is 10.2 Å². The van der Waals surface area contributed by atoms with E-state index in [0.29, 0.717) is 5.75 Å². The third-order valence-corrected chi connectivity index (χ3v) is 3.01. The summed E-state index contributed by atoms with van der Waals surface area (Å²) in [4.78, 5) is 11.5. The standard InChI is InChI=1S/C11H14N4OS/c1-8(2)12-10(16)7-17-11-14-13-9-5-3-4-6-15(9)11/h3-6,8H,7H2,1-2H3,(H,12,16). The Morgan fingerprint density at radius 2 is 2.29 bits per heavy atom. The van der Waals surface area contributed by atoms with Crippen molar-refractivity contribution < 1.29 is 4.79 Å². The Morgan fingerprint density at radius 1 is 1.47 bits per heavy atom. The lowest BCUT2D eigenvalue weighted by Gasteiger charge is -2.06. The largest absolute Gasteiger partial charge is 0.353 e. The number of carbonyl (C=O) groups is 1. The predicted octanol–water partition coefficient (Wildman–Crippen LogP) is 1.35. The van der Waals surface area contributed by atoms with Gasteiger partial charge in [-0.1, -0.05) is 17.8 Å². The molecule has 2 aromatic rings. The van der Waals surface area contributed by atoms with E-state index in [9.17, 15) is 4.79 Å². The van der Waals surface area contributed by atoms with Crippen LogP contribution in [0.2, 0.25) is 0 Å². The molecule has 2 aromatic heterocycles. The van der Waals surface area contributed by atoms with Gasteiger partial charge in [-0.3, -0.25) is 9.20 Å². The number of fused-ring (bicyclic) bond motifs is 1. The van der Waals surface area contributed by atoms with Crippen LogP contribution in [0, 0.1) is 0 Å². The summed E-state index contributed by atoms with van der Waals surface area (Å²) in [5, 5.41) is 11.6. The first-order valence-electron chi connectivity index (χ1n) is 5.39. The van der Waals surface area contributed by atoms with E-state index >= 15 is 0 Å². The number of nitrogens with one attached hydrogen (secondary N) is 1. The topological polar surface area (TPSA) is 59.3 Å². The summed E-state index contributed by atoms with van der Waals surface area (Å²) in [6.45, 7) is 3.88. The number of thioether (sulfide) groups is 1. The van der Waals surface area contributed by atoms with Crippen LogP contribution in [0.25, 0.3) is 5.65 Å². The van der Waals surface area contributed by atoms with Crippen molar-refractivity contribution in [2.45, 2.75) is 25.0 Å². The number of amides is 1. The van der Waals surface area contributed by atoms with Gasteiger partial charge in [0.1, 0.15) is 0 Å². The zero-order valence-corrected chi connectivity index (χ0v) is 10.6. The van der Waals surface area contributed by atoms with E-state index in [4.69, 9.17) is 0 Å². The summed E-state index contributed by atoms with van der Waals surface area (Å²) in [6, 6.07) is 5.86. The molecule has 0 aromatic carbocycles. The minimum absolute atomic E-state index is 0.0117. The highest BCUT2D eigenvalue weighted by Crippen LogP contribution is 2.15. The van der Waals surface area contributed by atoms with Crippen molar-refractivity contribution >= 4 is 23.3 Å². The van der Waals surface area contributed by atoms with Gasteiger partial charge in [0.05, 0.1) is 5.75 Å². The fraction of sp³-hybridized carbons (Fsp3) is 0.364. The van der Waals surface area contributed by atoms with Crippen LogP contribution in [0.15, 0.2) is 29.6 Å². The van der Waals surface area contributed by atoms with Gasteiger partial charge >= 0.3 is 0 Å². The Kier molecular flexibility index (Phi) is 3.63. The maximum Gasteiger partial charge on any atom is 0.230 e. The van der Waals surface area contributed by atoms with Gasteiger partial charge in [0.15, 0.2) is 10.8 Å². The van der Waals surface area contributed by atoms with Gasteiger partial charge in [-0.2, -0.15) is 0 Å². The molecule has 0 fully saturated rings. The third kappa shape index (κ3) is 2.97. The van der Waals surface area contributed by atoms with Crippen molar-refractivity contribution in [3.63, 3.8) is 0 Å². The van der Waals surface area contributed by atoms with E-state index in [1.165, 1.54) is 11.8 Å². The second kappa shape index (κ2) is 5.18. The zero-order valence-electron chi connectivity index (χ0n) is 9.75. The van der Waals surface area contributed by atoms with Crippen LogP contribution in [-0.4, -0.2) is 32.3 Å².